The van der Waals surface area contributed by atoms with E-state index in [-0.39, 0.29) is 5.82 Å². The summed E-state index contributed by atoms with van der Waals surface area (Å²) in [5.74, 6) is -0.0235. The Labute approximate surface area is 112 Å². The summed E-state index contributed by atoms with van der Waals surface area (Å²) in [5, 5.41) is 3.03. The van der Waals surface area contributed by atoms with Crippen LogP contribution in [0.4, 0.5) is 10.2 Å². The molecule has 1 aromatic carbocycles. The molecule has 0 amide bonds. The molecule has 4 heteroatoms. The number of hydrogen-bond acceptors (Lipinski definition) is 3. The van der Waals surface area contributed by atoms with Gasteiger partial charge in [0.1, 0.15) is 6.33 Å². The summed E-state index contributed by atoms with van der Waals surface area (Å²) in [7, 11) is 0. The Kier molecular flexibility index (Phi) is 4.84. The molecule has 0 bridgehead atoms. The van der Waals surface area contributed by atoms with Gasteiger partial charge in [-0.05, 0) is 24.8 Å². The Bertz CT molecular complexity index is 514. The molecule has 0 unspecified atom stereocenters. The number of halogens is 1. The normalized spacial score (nSPS) is 10.4. The standard InChI is InChI=1S/C15H18FN3/c1-2-13-14(16)15(19-11-18-13)17-10-6-9-12-7-4-3-5-8-12/h3-5,7-8,11H,2,6,9-10H2,1H3,(H,17,18,19). The van der Waals surface area contributed by atoms with Crippen molar-refractivity contribution >= 4 is 5.82 Å². The molecule has 0 saturated carbocycles. The first-order chi connectivity index (χ1) is 9.31. The molecule has 1 N–H and O–H groups in total. The first-order valence-corrected chi connectivity index (χ1v) is 6.58. The number of aromatic nitrogens is 2. The van der Waals surface area contributed by atoms with Crippen molar-refractivity contribution in [2.45, 2.75) is 26.2 Å². The zero-order valence-corrected chi connectivity index (χ0v) is 11.1. The SMILES string of the molecule is CCc1ncnc(NCCCc2ccccc2)c1F. The van der Waals surface area contributed by atoms with Crippen LogP contribution in [-0.4, -0.2) is 16.5 Å². The first kappa shape index (κ1) is 13.5. The molecule has 3 nitrogen and oxygen atoms in total. The molecule has 0 aliphatic rings. The highest BCUT2D eigenvalue weighted by Crippen LogP contribution is 2.13. The van der Waals surface area contributed by atoms with E-state index in [1.54, 1.807) is 0 Å². The van der Waals surface area contributed by atoms with E-state index in [1.807, 2.05) is 25.1 Å². The highest BCUT2D eigenvalue weighted by Gasteiger charge is 2.08. The topological polar surface area (TPSA) is 37.8 Å². The monoisotopic (exact) mass is 259 g/mol. The predicted molar refractivity (Wildman–Crippen MR) is 74.6 cm³/mol. The van der Waals surface area contributed by atoms with E-state index < -0.39 is 0 Å². The van der Waals surface area contributed by atoms with Gasteiger partial charge in [0.25, 0.3) is 0 Å². The van der Waals surface area contributed by atoms with Crippen molar-refractivity contribution in [2.24, 2.45) is 0 Å². The molecule has 19 heavy (non-hydrogen) atoms. The number of nitrogens with one attached hydrogen (secondary N) is 1. The second-order valence-corrected chi connectivity index (χ2v) is 4.35. The van der Waals surface area contributed by atoms with Crippen LogP contribution in [0.15, 0.2) is 36.7 Å². The Morgan fingerprint density at radius 2 is 1.95 bits per heavy atom. The molecule has 0 aliphatic carbocycles. The van der Waals surface area contributed by atoms with Gasteiger partial charge in [-0.2, -0.15) is 0 Å². The summed E-state index contributed by atoms with van der Waals surface area (Å²) in [6.45, 7) is 2.58. The number of aryl methyl sites for hydroxylation is 2. The number of hydrogen-bond donors (Lipinski definition) is 1. The van der Waals surface area contributed by atoms with E-state index in [9.17, 15) is 4.39 Å². The highest BCUT2D eigenvalue weighted by molar-refractivity contribution is 5.37. The third-order valence-corrected chi connectivity index (χ3v) is 2.97. The third-order valence-electron chi connectivity index (χ3n) is 2.97. The van der Waals surface area contributed by atoms with Gasteiger partial charge in [0.2, 0.25) is 0 Å². The lowest BCUT2D eigenvalue weighted by Crippen LogP contribution is -2.08. The van der Waals surface area contributed by atoms with Gasteiger partial charge in [-0.3, -0.25) is 0 Å². The summed E-state index contributed by atoms with van der Waals surface area (Å²) in [5.41, 5.74) is 1.75. The Balaban J connectivity index is 1.83. The molecule has 100 valence electrons. The molecule has 0 aliphatic heterocycles. The van der Waals surface area contributed by atoms with Gasteiger partial charge in [0.05, 0.1) is 5.69 Å². The van der Waals surface area contributed by atoms with Crippen LogP contribution < -0.4 is 5.32 Å². The maximum atomic E-state index is 13.8. The fraction of sp³-hybridized carbons (Fsp3) is 0.333. The Morgan fingerprint density at radius 3 is 2.68 bits per heavy atom. The average molecular weight is 259 g/mol. The summed E-state index contributed by atoms with van der Waals surface area (Å²) in [4.78, 5) is 7.84. The lowest BCUT2D eigenvalue weighted by Gasteiger charge is -2.08. The van der Waals surface area contributed by atoms with Crippen molar-refractivity contribution < 1.29 is 4.39 Å². The van der Waals surface area contributed by atoms with Gasteiger partial charge in [0.15, 0.2) is 11.6 Å². The molecule has 0 saturated heterocycles. The number of anilines is 1. The van der Waals surface area contributed by atoms with Crippen LogP contribution in [0.3, 0.4) is 0 Å². The van der Waals surface area contributed by atoms with Crippen molar-refractivity contribution in [1.29, 1.82) is 0 Å². The zero-order valence-electron chi connectivity index (χ0n) is 11.1. The van der Waals surface area contributed by atoms with E-state index in [0.29, 0.717) is 24.5 Å². The van der Waals surface area contributed by atoms with Gasteiger partial charge in [0, 0.05) is 6.54 Å². The van der Waals surface area contributed by atoms with Crippen LogP contribution in [0.1, 0.15) is 24.6 Å². The van der Waals surface area contributed by atoms with Gasteiger partial charge < -0.3 is 5.32 Å². The maximum Gasteiger partial charge on any atom is 0.186 e. The summed E-state index contributed by atoms with van der Waals surface area (Å²) in [6, 6.07) is 10.3. The summed E-state index contributed by atoms with van der Waals surface area (Å²) in [6.07, 6.45) is 3.89. The molecule has 2 aromatic rings. The molecular weight excluding hydrogens is 241 g/mol. The second-order valence-electron chi connectivity index (χ2n) is 4.35. The van der Waals surface area contributed by atoms with Crippen molar-refractivity contribution in [3.63, 3.8) is 0 Å². The van der Waals surface area contributed by atoms with Gasteiger partial charge >= 0.3 is 0 Å². The van der Waals surface area contributed by atoms with Crippen LogP contribution >= 0.6 is 0 Å². The van der Waals surface area contributed by atoms with Crippen molar-refractivity contribution in [3.05, 3.63) is 53.7 Å². The van der Waals surface area contributed by atoms with Crippen LogP contribution in [-0.2, 0) is 12.8 Å². The van der Waals surface area contributed by atoms with Crippen LogP contribution in [0.2, 0.25) is 0 Å². The molecule has 0 fully saturated rings. The minimum atomic E-state index is -0.329. The lowest BCUT2D eigenvalue weighted by atomic mass is 10.1. The molecule has 2 rings (SSSR count). The fourth-order valence-corrected chi connectivity index (χ4v) is 1.92. The largest absolute Gasteiger partial charge is 0.368 e. The van der Waals surface area contributed by atoms with Gasteiger partial charge in [-0.15, -0.1) is 0 Å². The van der Waals surface area contributed by atoms with Crippen LogP contribution in [0.25, 0.3) is 0 Å². The summed E-state index contributed by atoms with van der Waals surface area (Å²) >= 11 is 0. The smallest absolute Gasteiger partial charge is 0.186 e. The van der Waals surface area contributed by atoms with Gasteiger partial charge in [-0.25, -0.2) is 14.4 Å². The van der Waals surface area contributed by atoms with E-state index >= 15 is 0 Å². The van der Waals surface area contributed by atoms with Gasteiger partial charge in [-0.1, -0.05) is 37.3 Å². The van der Waals surface area contributed by atoms with E-state index in [2.05, 4.69) is 27.4 Å². The Morgan fingerprint density at radius 1 is 1.16 bits per heavy atom. The van der Waals surface area contributed by atoms with Crippen LogP contribution in [0, 0.1) is 5.82 Å². The predicted octanol–water partition coefficient (Wildman–Crippen LogP) is 3.22. The number of nitrogens with zero attached hydrogens (tertiary/aromatic N) is 2. The number of rotatable bonds is 6. The molecule has 0 spiro atoms. The van der Waals surface area contributed by atoms with Crippen molar-refractivity contribution in [2.75, 3.05) is 11.9 Å². The van der Waals surface area contributed by atoms with Crippen molar-refractivity contribution in [1.82, 2.24) is 9.97 Å². The van der Waals surface area contributed by atoms with E-state index in [4.69, 9.17) is 0 Å². The highest BCUT2D eigenvalue weighted by atomic mass is 19.1. The number of benzene rings is 1. The molecular formula is C15H18FN3. The molecule has 0 radical (unpaired) electrons. The third kappa shape index (κ3) is 3.74. The van der Waals surface area contributed by atoms with E-state index in [1.165, 1.54) is 11.9 Å². The minimum absolute atomic E-state index is 0.305. The Hall–Kier alpha value is -1.97. The quantitative estimate of drug-likeness (QED) is 0.809. The van der Waals surface area contributed by atoms with Crippen LogP contribution in [0.5, 0.6) is 0 Å². The average Bonchev–Trinajstić information content (AvgIpc) is 2.46. The minimum Gasteiger partial charge on any atom is -0.368 e. The molecule has 1 aromatic heterocycles. The maximum absolute atomic E-state index is 13.8. The molecule has 1 heterocycles. The fourth-order valence-electron chi connectivity index (χ4n) is 1.92. The lowest BCUT2D eigenvalue weighted by molar-refractivity contribution is 0.596. The van der Waals surface area contributed by atoms with Crippen molar-refractivity contribution in [3.8, 4) is 0 Å². The first-order valence-electron chi connectivity index (χ1n) is 6.58. The van der Waals surface area contributed by atoms with E-state index in [0.717, 1.165) is 12.8 Å². The second kappa shape index (κ2) is 6.83. The molecule has 0 atom stereocenters. The summed E-state index contributed by atoms with van der Waals surface area (Å²) < 4.78 is 13.8. The zero-order chi connectivity index (χ0) is 13.5.